The third-order valence-electron chi connectivity index (χ3n) is 5.37. The minimum atomic E-state index is -0.227. The number of carbonyl (C=O) groups is 2. The molecular weight excluding hydrogens is 378 g/mol. The predicted molar refractivity (Wildman–Crippen MR) is 120 cm³/mol. The minimum absolute atomic E-state index is 0.00220. The lowest BCUT2D eigenvalue weighted by atomic mass is 10.0. The summed E-state index contributed by atoms with van der Waals surface area (Å²) in [6.07, 6.45) is 2.42. The smallest absolute Gasteiger partial charge is 0.250 e. The van der Waals surface area contributed by atoms with E-state index in [1.54, 1.807) is 24.3 Å². The van der Waals surface area contributed by atoms with Crippen molar-refractivity contribution in [1.82, 2.24) is 4.90 Å². The Hall–Kier alpha value is -2.70. The number of nitrogens with zero attached hydrogens (tertiary/aromatic N) is 2. The number of rotatable bonds is 10. The van der Waals surface area contributed by atoms with Crippen LogP contribution in [0.5, 0.6) is 0 Å². The van der Waals surface area contributed by atoms with Gasteiger partial charge in [0.2, 0.25) is 5.91 Å². The van der Waals surface area contributed by atoms with Crippen LogP contribution in [0.25, 0.3) is 0 Å². The summed E-state index contributed by atoms with van der Waals surface area (Å²) in [5.41, 5.74) is 2.56. The van der Waals surface area contributed by atoms with Crippen molar-refractivity contribution in [2.45, 2.75) is 19.3 Å². The number of para-hydroxylation sites is 1. The van der Waals surface area contributed by atoms with E-state index in [9.17, 15) is 9.59 Å². The van der Waals surface area contributed by atoms with Gasteiger partial charge < -0.3 is 15.0 Å². The summed E-state index contributed by atoms with van der Waals surface area (Å²) in [6, 6.07) is 17.7. The summed E-state index contributed by atoms with van der Waals surface area (Å²) in [5, 5.41) is 2.74. The van der Waals surface area contributed by atoms with Crippen molar-refractivity contribution in [3.63, 3.8) is 0 Å². The molecule has 0 atom stereocenters. The van der Waals surface area contributed by atoms with Crippen molar-refractivity contribution in [2.75, 3.05) is 56.7 Å². The molecule has 1 saturated heterocycles. The molecular formula is C24H31N3O3. The molecule has 160 valence electrons. The third kappa shape index (κ3) is 6.68. The van der Waals surface area contributed by atoms with Gasteiger partial charge in [0.1, 0.15) is 6.61 Å². The number of carbonyl (C=O) groups excluding carboxylic acids is 2. The largest absolute Gasteiger partial charge is 0.375 e. The standard InChI is InChI=1S/C24H31N3O3/c1-30-19-24(29)25-21-9-7-8-20(18-21)23(28)12-5-6-13-26-14-16-27(17-15-26)22-10-3-2-4-11-22/h2-4,7-11,18H,5-6,12-17,19H2,1H3,(H,25,29). The van der Waals surface area contributed by atoms with Gasteiger partial charge in [-0.15, -0.1) is 0 Å². The van der Waals surface area contributed by atoms with Crippen LogP contribution in [-0.4, -0.2) is 63.0 Å². The molecule has 0 saturated carbocycles. The zero-order chi connectivity index (χ0) is 21.2. The third-order valence-corrected chi connectivity index (χ3v) is 5.37. The first-order valence-corrected chi connectivity index (χ1v) is 10.6. The Morgan fingerprint density at radius 3 is 2.47 bits per heavy atom. The molecule has 1 aliphatic rings. The number of Topliss-reactive ketones (excluding diaryl/α,β-unsaturated/α-hetero) is 1. The highest BCUT2D eigenvalue weighted by Crippen LogP contribution is 2.17. The van der Waals surface area contributed by atoms with Crippen LogP contribution in [0, 0.1) is 0 Å². The first-order chi connectivity index (χ1) is 14.7. The Bertz CT molecular complexity index is 817. The van der Waals surface area contributed by atoms with E-state index >= 15 is 0 Å². The molecule has 6 nitrogen and oxygen atoms in total. The zero-order valence-corrected chi connectivity index (χ0v) is 17.7. The number of benzene rings is 2. The molecule has 1 amide bonds. The monoisotopic (exact) mass is 409 g/mol. The van der Waals surface area contributed by atoms with Crippen LogP contribution in [0.15, 0.2) is 54.6 Å². The number of anilines is 2. The van der Waals surface area contributed by atoms with E-state index in [1.807, 2.05) is 0 Å². The SMILES string of the molecule is COCC(=O)Nc1cccc(C(=O)CCCCN2CCN(c3ccccc3)CC2)c1. The fourth-order valence-corrected chi connectivity index (χ4v) is 3.73. The number of hydrogen-bond donors (Lipinski definition) is 1. The van der Waals surface area contributed by atoms with E-state index in [2.05, 4.69) is 45.4 Å². The highest BCUT2D eigenvalue weighted by atomic mass is 16.5. The van der Waals surface area contributed by atoms with Crippen molar-refractivity contribution < 1.29 is 14.3 Å². The molecule has 30 heavy (non-hydrogen) atoms. The maximum absolute atomic E-state index is 12.5. The fraction of sp³-hybridized carbons (Fsp3) is 0.417. The molecule has 1 N–H and O–H groups in total. The van der Waals surface area contributed by atoms with Crippen LogP contribution in [0.1, 0.15) is 29.6 Å². The number of piperazine rings is 1. The Morgan fingerprint density at radius 2 is 1.73 bits per heavy atom. The summed E-state index contributed by atoms with van der Waals surface area (Å²) in [5.74, 6) is -0.110. The number of ketones is 1. The van der Waals surface area contributed by atoms with Crippen LogP contribution in [0.3, 0.4) is 0 Å². The van der Waals surface area contributed by atoms with Gasteiger partial charge in [-0.3, -0.25) is 14.5 Å². The molecule has 0 aliphatic carbocycles. The zero-order valence-electron chi connectivity index (χ0n) is 17.7. The second-order valence-electron chi connectivity index (χ2n) is 7.61. The van der Waals surface area contributed by atoms with Crippen molar-refractivity contribution >= 4 is 23.1 Å². The highest BCUT2D eigenvalue weighted by molar-refractivity contribution is 5.98. The van der Waals surface area contributed by atoms with Gasteiger partial charge in [0.05, 0.1) is 0 Å². The second kappa shape index (κ2) is 11.5. The van der Waals surface area contributed by atoms with Gasteiger partial charge in [0.25, 0.3) is 0 Å². The molecule has 2 aromatic rings. The van der Waals surface area contributed by atoms with Crippen molar-refractivity contribution in [3.8, 4) is 0 Å². The van der Waals surface area contributed by atoms with Gasteiger partial charge in [-0.05, 0) is 43.7 Å². The maximum atomic E-state index is 12.5. The van der Waals surface area contributed by atoms with E-state index < -0.39 is 0 Å². The maximum Gasteiger partial charge on any atom is 0.250 e. The van der Waals surface area contributed by atoms with Crippen LogP contribution >= 0.6 is 0 Å². The van der Waals surface area contributed by atoms with Gasteiger partial charge in [-0.25, -0.2) is 0 Å². The Labute approximate surface area is 178 Å². The average molecular weight is 410 g/mol. The number of amides is 1. The summed E-state index contributed by atoms with van der Waals surface area (Å²) >= 11 is 0. The molecule has 0 radical (unpaired) electrons. The molecule has 0 bridgehead atoms. The Morgan fingerprint density at radius 1 is 0.967 bits per heavy atom. The van der Waals surface area contributed by atoms with E-state index in [0.29, 0.717) is 17.7 Å². The predicted octanol–water partition coefficient (Wildman–Crippen LogP) is 3.45. The van der Waals surface area contributed by atoms with Gasteiger partial charge in [-0.2, -0.15) is 0 Å². The normalized spacial score (nSPS) is 14.5. The molecule has 0 spiro atoms. The topological polar surface area (TPSA) is 61.9 Å². The molecule has 1 fully saturated rings. The van der Waals surface area contributed by atoms with Crippen LogP contribution in [0.2, 0.25) is 0 Å². The molecule has 0 aromatic heterocycles. The van der Waals surface area contributed by atoms with E-state index in [-0.39, 0.29) is 18.3 Å². The summed E-state index contributed by atoms with van der Waals surface area (Å²) in [7, 11) is 1.47. The van der Waals surface area contributed by atoms with E-state index in [0.717, 1.165) is 45.6 Å². The number of nitrogens with one attached hydrogen (secondary N) is 1. The lowest BCUT2D eigenvalue weighted by Gasteiger charge is -2.36. The summed E-state index contributed by atoms with van der Waals surface area (Å²) < 4.78 is 4.81. The lowest BCUT2D eigenvalue weighted by Crippen LogP contribution is -2.46. The first-order valence-electron chi connectivity index (χ1n) is 10.6. The van der Waals surface area contributed by atoms with Gasteiger partial charge in [0.15, 0.2) is 5.78 Å². The number of methoxy groups -OCH3 is 1. The quantitative estimate of drug-likeness (QED) is 0.481. The first kappa shape index (κ1) is 22.0. The lowest BCUT2D eigenvalue weighted by molar-refractivity contribution is -0.119. The van der Waals surface area contributed by atoms with Crippen LogP contribution in [-0.2, 0) is 9.53 Å². The molecule has 2 aromatic carbocycles. The van der Waals surface area contributed by atoms with Crippen molar-refractivity contribution in [1.29, 1.82) is 0 Å². The average Bonchev–Trinajstić information content (AvgIpc) is 2.78. The number of unbranched alkanes of at least 4 members (excludes halogenated alkanes) is 1. The summed E-state index contributed by atoms with van der Waals surface area (Å²) in [6.45, 7) is 5.24. The molecule has 0 unspecified atom stereocenters. The van der Waals surface area contributed by atoms with Gasteiger partial charge in [-0.1, -0.05) is 30.3 Å². The van der Waals surface area contributed by atoms with Crippen molar-refractivity contribution in [3.05, 3.63) is 60.2 Å². The Balaban J connectivity index is 1.36. The van der Waals surface area contributed by atoms with E-state index in [4.69, 9.17) is 4.74 Å². The Kier molecular flexibility index (Phi) is 8.41. The molecule has 1 heterocycles. The minimum Gasteiger partial charge on any atom is -0.375 e. The summed E-state index contributed by atoms with van der Waals surface area (Å²) in [4.78, 5) is 29.0. The number of hydrogen-bond acceptors (Lipinski definition) is 5. The molecule has 6 heteroatoms. The van der Waals surface area contributed by atoms with Crippen LogP contribution < -0.4 is 10.2 Å². The van der Waals surface area contributed by atoms with Crippen molar-refractivity contribution in [2.24, 2.45) is 0 Å². The second-order valence-corrected chi connectivity index (χ2v) is 7.61. The van der Waals surface area contributed by atoms with Gasteiger partial charge >= 0.3 is 0 Å². The molecule has 3 rings (SSSR count). The fourth-order valence-electron chi connectivity index (χ4n) is 3.73. The molecule has 1 aliphatic heterocycles. The van der Waals surface area contributed by atoms with E-state index in [1.165, 1.54) is 12.8 Å². The van der Waals surface area contributed by atoms with Gasteiger partial charge in [0, 0.05) is 56.6 Å². The highest BCUT2D eigenvalue weighted by Gasteiger charge is 2.16. The number of ether oxygens (including phenoxy) is 1. The van der Waals surface area contributed by atoms with Crippen LogP contribution in [0.4, 0.5) is 11.4 Å².